The second-order valence-electron chi connectivity index (χ2n) is 4.81. The molecule has 1 aromatic carbocycles. The third kappa shape index (κ3) is 3.81. The van der Waals surface area contributed by atoms with Crippen molar-refractivity contribution in [2.45, 2.75) is 38.6 Å². The second kappa shape index (κ2) is 6.52. The van der Waals surface area contributed by atoms with Crippen LogP contribution in [0.3, 0.4) is 0 Å². The summed E-state index contributed by atoms with van der Waals surface area (Å²) in [7, 11) is 0. The number of carbonyl (C=O) groups excluding carboxylic acids is 2. The average Bonchev–Trinajstić information content (AvgIpc) is 2.77. The molecule has 2 rings (SSSR count). The van der Waals surface area contributed by atoms with Gasteiger partial charge in [-0.3, -0.25) is 4.79 Å². The lowest BCUT2D eigenvalue weighted by Gasteiger charge is -2.12. The Morgan fingerprint density at radius 1 is 1.30 bits per heavy atom. The molecule has 0 aliphatic carbocycles. The number of ether oxygens (including phenoxy) is 3. The van der Waals surface area contributed by atoms with E-state index in [-0.39, 0.29) is 36.9 Å². The van der Waals surface area contributed by atoms with Gasteiger partial charge in [0.25, 0.3) is 0 Å². The van der Waals surface area contributed by atoms with Crippen molar-refractivity contribution in [2.75, 3.05) is 6.61 Å². The Hall–Kier alpha value is -1.88. The highest BCUT2D eigenvalue weighted by molar-refractivity contribution is 5.89. The van der Waals surface area contributed by atoms with Gasteiger partial charge < -0.3 is 14.2 Å². The van der Waals surface area contributed by atoms with Crippen LogP contribution in [0.4, 0.5) is 0 Å². The number of hydrogen-bond donors (Lipinski definition) is 0. The van der Waals surface area contributed by atoms with Gasteiger partial charge in [0.05, 0.1) is 17.8 Å². The average molecular weight is 278 g/mol. The van der Waals surface area contributed by atoms with Crippen LogP contribution in [0.25, 0.3) is 0 Å². The van der Waals surface area contributed by atoms with Crippen LogP contribution in [0.5, 0.6) is 0 Å². The first-order valence-electron chi connectivity index (χ1n) is 6.61. The van der Waals surface area contributed by atoms with Crippen LogP contribution < -0.4 is 0 Å². The van der Waals surface area contributed by atoms with Crippen LogP contribution in [0.2, 0.25) is 0 Å². The Kier molecular flexibility index (Phi) is 4.74. The van der Waals surface area contributed by atoms with Gasteiger partial charge >= 0.3 is 11.9 Å². The monoisotopic (exact) mass is 278 g/mol. The van der Waals surface area contributed by atoms with Gasteiger partial charge in [-0.1, -0.05) is 18.2 Å². The predicted octanol–water partition coefficient (Wildman–Crippen LogP) is 1.95. The van der Waals surface area contributed by atoms with Crippen LogP contribution in [-0.2, 0) is 19.0 Å². The van der Waals surface area contributed by atoms with Crippen LogP contribution >= 0.6 is 0 Å². The van der Waals surface area contributed by atoms with Crippen molar-refractivity contribution in [1.29, 1.82) is 0 Å². The summed E-state index contributed by atoms with van der Waals surface area (Å²) in [5, 5.41) is 0. The topological polar surface area (TPSA) is 61.8 Å². The first-order valence-corrected chi connectivity index (χ1v) is 6.61. The minimum Gasteiger partial charge on any atom is -0.460 e. The van der Waals surface area contributed by atoms with Gasteiger partial charge in [-0.2, -0.15) is 0 Å². The lowest BCUT2D eigenvalue weighted by atomic mass is 10.1. The van der Waals surface area contributed by atoms with Crippen LogP contribution in [-0.4, -0.2) is 36.9 Å². The molecule has 1 aliphatic heterocycles. The van der Waals surface area contributed by atoms with E-state index >= 15 is 0 Å². The first kappa shape index (κ1) is 14.5. The van der Waals surface area contributed by atoms with E-state index in [1.807, 2.05) is 13.0 Å². The standard InChI is InChI=1S/C15H18O5/c1-10-14(20-11(2)16)8-13(19-10)9-18-15(17)12-6-4-3-5-7-12/h3-7,10,13-14H,8-9H2,1-2H3/t10-,13-,14+/m0/s1. The fraction of sp³-hybridized carbons (Fsp3) is 0.467. The van der Waals surface area contributed by atoms with Crippen molar-refractivity contribution in [3.63, 3.8) is 0 Å². The predicted molar refractivity (Wildman–Crippen MR) is 71.2 cm³/mol. The van der Waals surface area contributed by atoms with E-state index in [9.17, 15) is 9.59 Å². The first-order chi connectivity index (χ1) is 9.56. The summed E-state index contributed by atoms with van der Waals surface area (Å²) in [5.41, 5.74) is 0.509. The summed E-state index contributed by atoms with van der Waals surface area (Å²) < 4.78 is 16.0. The molecule has 0 saturated carbocycles. The molecular formula is C15H18O5. The molecule has 0 bridgehead atoms. The molecular weight excluding hydrogens is 260 g/mol. The van der Waals surface area contributed by atoms with Crippen LogP contribution in [0.1, 0.15) is 30.6 Å². The molecule has 1 aliphatic rings. The molecule has 0 unspecified atom stereocenters. The molecule has 1 saturated heterocycles. The molecule has 5 nitrogen and oxygen atoms in total. The van der Waals surface area contributed by atoms with Crippen molar-refractivity contribution < 1.29 is 23.8 Å². The van der Waals surface area contributed by atoms with Gasteiger partial charge in [-0.15, -0.1) is 0 Å². The number of benzene rings is 1. The Labute approximate surface area is 117 Å². The molecule has 1 aromatic rings. The number of esters is 2. The van der Waals surface area contributed by atoms with Crippen molar-refractivity contribution in [3.05, 3.63) is 35.9 Å². The van der Waals surface area contributed by atoms with Gasteiger partial charge in [0.2, 0.25) is 0 Å². The largest absolute Gasteiger partial charge is 0.460 e. The third-order valence-corrected chi connectivity index (χ3v) is 3.15. The summed E-state index contributed by atoms with van der Waals surface area (Å²) >= 11 is 0. The van der Waals surface area contributed by atoms with Gasteiger partial charge in [0.1, 0.15) is 12.7 Å². The van der Waals surface area contributed by atoms with Crippen LogP contribution in [0, 0.1) is 0 Å². The lowest BCUT2D eigenvalue weighted by molar-refractivity contribution is -0.148. The Bertz CT molecular complexity index is 470. The minimum atomic E-state index is -0.377. The SMILES string of the molecule is CC(=O)O[C@@H]1C[C@@H](COC(=O)c2ccccc2)O[C@H]1C. The number of rotatable bonds is 4. The zero-order valence-corrected chi connectivity index (χ0v) is 11.6. The Morgan fingerprint density at radius 2 is 2.00 bits per heavy atom. The molecule has 0 amide bonds. The Balaban J connectivity index is 1.81. The van der Waals surface area contributed by atoms with E-state index in [4.69, 9.17) is 14.2 Å². The molecule has 20 heavy (non-hydrogen) atoms. The maximum absolute atomic E-state index is 11.8. The Morgan fingerprint density at radius 3 is 2.65 bits per heavy atom. The van der Waals surface area contributed by atoms with Crippen molar-refractivity contribution in [1.82, 2.24) is 0 Å². The molecule has 1 heterocycles. The highest BCUT2D eigenvalue weighted by Gasteiger charge is 2.35. The molecule has 0 aromatic heterocycles. The summed E-state index contributed by atoms with van der Waals surface area (Å²) in [5.74, 6) is -0.704. The maximum Gasteiger partial charge on any atom is 0.338 e. The number of hydrogen-bond acceptors (Lipinski definition) is 5. The van der Waals surface area contributed by atoms with Crippen molar-refractivity contribution in [3.8, 4) is 0 Å². The normalized spacial score (nSPS) is 25.2. The third-order valence-electron chi connectivity index (χ3n) is 3.15. The van der Waals surface area contributed by atoms with E-state index in [0.29, 0.717) is 12.0 Å². The molecule has 108 valence electrons. The van der Waals surface area contributed by atoms with E-state index in [1.54, 1.807) is 24.3 Å². The molecule has 0 radical (unpaired) electrons. The van der Waals surface area contributed by atoms with Crippen LogP contribution in [0.15, 0.2) is 30.3 Å². The van der Waals surface area contributed by atoms with E-state index in [2.05, 4.69) is 0 Å². The summed E-state index contributed by atoms with van der Waals surface area (Å²) in [6.07, 6.45) is -0.141. The second-order valence-corrected chi connectivity index (χ2v) is 4.81. The highest BCUT2D eigenvalue weighted by atomic mass is 16.6. The van der Waals surface area contributed by atoms with E-state index < -0.39 is 0 Å². The quantitative estimate of drug-likeness (QED) is 0.788. The maximum atomic E-state index is 11.8. The summed E-state index contributed by atoms with van der Waals surface area (Å²) in [4.78, 5) is 22.7. The van der Waals surface area contributed by atoms with Gasteiger partial charge in [0, 0.05) is 13.3 Å². The highest BCUT2D eigenvalue weighted by Crippen LogP contribution is 2.23. The molecule has 1 fully saturated rings. The molecule has 3 atom stereocenters. The van der Waals surface area contributed by atoms with Crippen molar-refractivity contribution >= 4 is 11.9 Å². The minimum absolute atomic E-state index is 0.163. The van der Waals surface area contributed by atoms with E-state index in [1.165, 1.54) is 6.92 Å². The van der Waals surface area contributed by atoms with Crippen molar-refractivity contribution in [2.24, 2.45) is 0 Å². The summed E-state index contributed by atoms with van der Waals surface area (Å²) in [6, 6.07) is 8.79. The van der Waals surface area contributed by atoms with E-state index in [0.717, 1.165) is 0 Å². The number of carbonyl (C=O) groups is 2. The zero-order valence-electron chi connectivity index (χ0n) is 11.6. The lowest BCUT2D eigenvalue weighted by Crippen LogP contribution is -2.23. The zero-order chi connectivity index (χ0) is 14.5. The van der Waals surface area contributed by atoms with Gasteiger partial charge in [-0.25, -0.2) is 4.79 Å². The summed E-state index contributed by atoms with van der Waals surface area (Å²) in [6.45, 7) is 3.37. The van der Waals surface area contributed by atoms with Gasteiger partial charge in [0.15, 0.2) is 0 Å². The molecule has 0 spiro atoms. The molecule has 0 N–H and O–H groups in total. The smallest absolute Gasteiger partial charge is 0.338 e. The fourth-order valence-corrected chi connectivity index (χ4v) is 2.19. The fourth-order valence-electron chi connectivity index (χ4n) is 2.19. The van der Waals surface area contributed by atoms with Gasteiger partial charge in [-0.05, 0) is 19.1 Å². The molecule has 5 heteroatoms.